The molecule has 9 nitrogen and oxygen atoms in total. The summed E-state index contributed by atoms with van der Waals surface area (Å²) in [6.07, 6.45) is 27.2. The van der Waals surface area contributed by atoms with Crippen LogP contribution in [-0.2, 0) is 4.74 Å². The second-order valence-electron chi connectivity index (χ2n) is 14.6. The molecular weight excluding hydrogens is 713 g/mol. The van der Waals surface area contributed by atoms with E-state index in [0.717, 1.165) is 140 Å². The first-order chi connectivity index (χ1) is 28.0. The van der Waals surface area contributed by atoms with Crippen LogP contribution in [0.1, 0.15) is 114 Å². The maximum atomic E-state index is 9.66. The topological polar surface area (TPSA) is 144 Å². The number of aliphatic hydroxyl groups excluding tert-OH is 4. The summed E-state index contributed by atoms with van der Waals surface area (Å²) in [6, 6.07) is 20.9. The van der Waals surface area contributed by atoms with E-state index < -0.39 is 0 Å². The Bertz CT molecular complexity index is 1500. The van der Waals surface area contributed by atoms with Crippen molar-refractivity contribution in [2.75, 3.05) is 62.4 Å². The smallest absolute Gasteiger partial charge is 0.137 e. The molecule has 1 aliphatic heterocycles. The van der Waals surface area contributed by atoms with Gasteiger partial charge >= 0.3 is 0 Å². The second-order valence-corrected chi connectivity index (χ2v) is 14.6. The number of hydrogen-bond donors (Lipinski definition) is 4. The lowest BCUT2D eigenvalue weighted by atomic mass is 10.0. The maximum absolute atomic E-state index is 9.66. The lowest BCUT2D eigenvalue weighted by Gasteiger charge is -2.25. The zero-order valence-electron chi connectivity index (χ0n) is 34.0. The fraction of sp³-hybridized carbons (Fsp3) is 0.500. The molecule has 0 fully saturated rings. The molecule has 0 aromatic heterocycles. The van der Waals surface area contributed by atoms with Gasteiger partial charge in [-0.3, -0.25) is 0 Å². The first kappa shape index (κ1) is 46.7. The number of aliphatic hydroxyl groups is 4. The Morgan fingerprint density at radius 1 is 0.456 bits per heavy atom. The number of nitriles is 2. The van der Waals surface area contributed by atoms with Crippen LogP contribution in [0.5, 0.6) is 0 Å². The van der Waals surface area contributed by atoms with E-state index in [-0.39, 0.29) is 32.0 Å². The van der Waals surface area contributed by atoms with Crippen LogP contribution in [0.15, 0.2) is 95.5 Å². The molecular formula is C48H66N4O5. The van der Waals surface area contributed by atoms with Gasteiger partial charge in [-0.15, -0.1) is 0 Å². The minimum Gasteiger partial charge on any atom is -0.457 e. The van der Waals surface area contributed by atoms with Crippen molar-refractivity contribution in [1.82, 2.24) is 0 Å². The molecule has 0 saturated carbocycles. The van der Waals surface area contributed by atoms with Gasteiger partial charge < -0.3 is 35.0 Å². The Balaban J connectivity index is 1.70. The Kier molecular flexibility index (Phi) is 24.3. The van der Waals surface area contributed by atoms with Crippen molar-refractivity contribution in [3.05, 3.63) is 107 Å². The van der Waals surface area contributed by atoms with Crippen molar-refractivity contribution in [2.24, 2.45) is 0 Å². The molecule has 0 atom stereocenters. The van der Waals surface area contributed by atoms with Gasteiger partial charge in [-0.25, -0.2) is 0 Å². The molecule has 9 heteroatoms. The zero-order valence-corrected chi connectivity index (χ0v) is 34.0. The fourth-order valence-corrected chi connectivity index (χ4v) is 6.77. The molecule has 0 unspecified atom stereocenters. The molecule has 0 radical (unpaired) electrons. The summed E-state index contributed by atoms with van der Waals surface area (Å²) in [7, 11) is 0. The SMILES string of the molecule is N#CC(C#N)=C1C=C(C=Cc2ccc(N(CCCCCCO)CCCCCCO)cc2)OC(C=Cc2ccc(N(CCCCCCO)CCCCCCO)cc2)=C1. The molecule has 3 rings (SSSR count). The number of unbranched alkanes of at least 4 members (excludes halogenated alkanes) is 12. The van der Waals surface area contributed by atoms with E-state index in [4.69, 9.17) is 25.2 Å². The molecule has 1 aliphatic rings. The molecule has 0 aliphatic carbocycles. The number of nitrogens with zero attached hydrogens (tertiary/aromatic N) is 4. The van der Waals surface area contributed by atoms with Gasteiger partial charge in [0.2, 0.25) is 0 Å². The number of benzene rings is 2. The molecule has 308 valence electrons. The molecule has 4 N–H and O–H groups in total. The third-order valence-corrected chi connectivity index (χ3v) is 10.1. The second kappa shape index (κ2) is 29.6. The molecule has 0 amide bonds. The summed E-state index contributed by atoms with van der Waals surface area (Å²) < 4.78 is 6.23. The van der Waals surface area contributed by atoms with Gasteiger partial charge in [0.15, 0.2) is 0 Å². The summed E-state index contributed by atoms with van der Waals surface area (Å²) >= 11 is 0. The predicted molar refractivity (Wildman–Crippen MR) is 233 cm³/mol. The third kappa shape index (κ3) is 18.9. The van der Waals surface area contributed by atoms with Gasteiger partial charge in [0, 0.05) is 69.6 Å². The molecule has 0 saturated heterocycles. The Hall–Kier alpha value is -4.64. The van der Waals surface area contributed by atoms with Crippen LogP contribution in [-0.4, -0.2) is 73.0 Å². The molecule has 0 bridgehead atoms. The zero-order chi connectivity index (χ0) is 40.8. The summed E-state index contributed by atoms with van der Waals surface area (Å²) in [5.74, 6) is 1.05. The molecule has 2 aromatic rings. The average Bonchev–Trinajstić information content (AvgIpc) is 3.24. The highest BCUT2D eigenvalue weighted by atomic mass is 16.5. The largest absolute Gasteiger partial charge is 0.457 e. The van der Waals surface area contributed by atoms with Crippen molar-refractivity contribution < 1.29 is 25.2 Å². The summed E-state index contributed by atoms with van der Waals surface area (Å²) in [6.45, 7) is 4.81. The van der Waals surface area contributed by atoms with Gasteiger partial charge in [0.25, 0.3) is 0 Å². The quantitative estimate of drug-likeness (QED) is 0.0451. The van der Waals surface area contributed by atoms with Gasteiger partial charge in [-0.2, -0.15) is 10.5 Å². The van der Waals surface area contributed by atoms with E-state index in [1.165, 1.54) is 11.4 Å². The maximum Gasteiger partial charge on any atom is 0.137 e. The summed E-state index contributed by atoms with van der Waals surface area (Å²) in [5.41, 5.74) is 4.85. The number of hydrogen-bond acceptors (Lipinski definition) is 9. The highest BCUT2D eigenvalue weighted by molar-refractivity contribution is 5.62. The Labute approximate surface area is 342 Å². The van der Waals surface area contributed by atoms with Crippen LogP contribution in [0.25, 0.3) is 12.2 Å². The Morgan fingerprint density at radius 2 is 0.772 bits per heavy atom. The monoisotopic (exact) mass is 779 g/mol. The standard InChI is InChI=1S/C48H66N4O5/c49-39-44(40-50)43-37-47(27-21-41-17-23-45(24-18-41)51(29-9-1-5-13-33-53)30-10-2-6-14-34-54)57-48(38-43)28-22-42-19-25-46(26-20-42)52(31-11-3-7-15-35-55)32-12-4-8-16-36-56/h17-28,37-38,53-56H,1-16,29-36H2. The van der Waals surface area contributed by atoms with Crippen LogP contribution in [0, 0.1) is 22.7 Å². The van der Waals surface area contributed by atoms with E-state index in [2.05, 4.69) is 58.3 Å². The highest BCUT2D eigenvalue weighted by Gasteiger charge is 2.13. The van der Waals surface area contributed by atoms with Gasteiger partial charge in [-0.1, -0.05) is 87.8 Å². The van der Waals surface area contributed by atoms with Crippen LogP contribution in [0.4, 0.5) is 11.4 Å². The Morgan fingerprint density at radius 3 is 1.07 bits per heavy atom. The van der Waals surface area contributed by atoms with E-state index in [1.807, 2.05) is 36.4 Å². The fourth-order valence-electron chi connectivity index (χ4n) is 6.77. The normalized spacial score (nSPS) is 12.6. The van der Waals surface area contributed by atoms with Crippen LogP contribution in [0.3, 0.4) is 0 Å². The minimum absolute atomic E-state index is 0.0180. The average molecular weight is 779 g/mol. The van der Waals surface area contributed by atoms with E-state index in [9.17, 15) is 10.5 Å². The van der Waals surface area contributed by atoms with Crippen LogP contribution in [0.2, 0.25) is 0 Å². The first-order valence-corrected chi connectivity index (χ1v) is 21.2. The van der Waals surface area contributed by atoms with Crippen molar-refractivity contribution in [2.45, 2.75) is 103 Å². The molecule has 57 heavy (non-hydrogen) atoms. The van der Waals surface area contributed by atoms with Crippen molar-refractivity contribution >= 4 is 23.5 Å². The van der Waals surface area contributed by atoms with Crippen LogP contribution >= 0.6 is 0 Å². The van der Waals surface area contributed by atoms with E-state index >= 15 is 0 Å². The minimum atomic E-state index is 0.0180. The van der Waals surface area contributed by atoms with Crippen molar-refractivity contribution in [3.8, 4) is 12.1 Å². The number of ether oxygens (including phenoxy) is 1. The molecule has 1 heterocycles. The van der Waals surface area contributed by atoms with Gasteiger partial charge in [0.05, 0.1) is 0 Å². The molecule has 0 spiro atoms. The summed E-state index contributed by atoms with van der Waals surface area (Å²) in [5, 5.41) is 55.9. The number of rotatable bonds is 30. The summed E-state index contributed by atoms with van der Waals surface area (Å²) in [4.78, 5) is 4.86. The van der Waals surface area contributed by atoms with E-state index in [1.54, 1.807) is 12.2 Å². The molecule has 2 aromatic carbocycles. The van der Waals surface area contributed by atoms with Gasteiger partial charge in [-0.05, 0) is 111 Å². The lowest BCUT2D eigenvalue weighted by Crippen LogP contribution is -2.25. The van der Waals surface area contributed by atoms with Crippen LogP contribution < -0.4 is 9.80 Å². The van der Waals surface area contributed by atoms with Gasteiger partial charge in [0.1, 0.15) is 29.2 Å². The predicted octanol–water partition coefficient (Wildman–Crippen LogP) is 9.38. The third-order valence-electron chi connectivity index (χ3n) is 10.1. The lowest BCUT2D eigenvalue weighted by molar-refractivity contribution is 0.282. The number of allylic oxidation sites excluding steroid dienone is 6. The van der Waals surface area contributed by atoms with Crippen molar-refractivity contribution in [1.29, 1.82) is 10.5 Å². The van der Waals surface area contributed by atoms with Crippen molar-refractivity contribution in [3.63, 3.8) is 0 Å². The number of anilines is 2. The van der Waals surface area contributed by atoms with E-state index in [0.29, 0.717) is 17.1 Å². The highest BCUT2D eigenvalue weighted by Crippen LogP contribution is 2.26. The first-order valence-electron chi connectivity index (χ1n) is 21.2.